The summed E-state index contributed by atoms with van der Waals surface area (Å²) in [5, 5.41) is 8.40. The summed E-state index contributed by atoms with van der Waals surface area (Å²) in [4.78, 5) is 0. The fourth-order valence-electron chi connectivity index (χ4n) is 1.75. The van der Waals surface area contributed by atoms with Gasteiger partial charge >= 0.3 is 0 Å². The quantitative estimate of drug-likeness (QED) is 0.731. The molecule has 3 heteroatoms. The van der Waals surface area contributed by atoms with Crippen LogP contribution in [0.15, 0.2) is 30.5 Å². The topological polar surface area (TPSA) is 25.8 Å². The summed E-state index contributed by atoms with van der Waals surface area (Å²) >= 11 is 6.19. The van der Waals surface area contributed by atoms with E-state index in [0.29, 0.717) is 10.7 Å². The minimum absolute atomic E-state index is 0.648. The van der Waals surface area contributed by atoms with E-state index in [2.05, 4.69) is 29.0 Å². The second-order valence-corrected chi connectivity index (χ2v) is 4.33. The molecule has 2 aromatic rings. The summed E-state index contributed by atoms with van der Waals surface area (Å²) in [5.41, 5.74) is 3.93. The van der Waals surface area contributed by atoms with Crippen LogP contribution in [0.5, 0.6) is 0 Å². The van der Waals surface area contributed by atoms with Crippen molar-refractivity contribution in [1.82, 2.24) is 10.2 Å². The van der Waals surface area contributed by atoms with E-state index in [4.69, 9.17) is 11.6 Å². The first-order valence-electron chi connectivity index (χ1n) is 5.80. The van der Waals surface area contributed by atoms with Crippen LogP contribution < -0.4 is 0 Å². The van der Waals surface area contributed by atoms with Crippen LogP contribution in [0, 0.1) is 18.8 Å². The molecular formula is C15H13ClN2. The van der Waals surface area contributed by atoms with E-state index < -0.39 is 0 Å². The van der Waals surface area contributed by atoms with E-state index in [1.807, 2.05) is 31.2 Å². The minimum atomic E-state index is 0.648. The second kappa shape index (κ2) is 5.66. The number of hydrogen-bond donors (Lipinski definition) is 0. The SMILES string of the molecule is CCc1ccc(Cl)c(C#Cc2cccnn2)c1C. The van der Waals surface area contributed by atoms with Crippen LogP contribution in [0.4, 0.5) is 0 Å². The smallest absolute Gasteiger partial charge is 0.136 e. The van der Waals surface area contributed by atoms with Gasteiger partial charge in [0.2, 0.25) is 0 Å². The number of hydrogen-bond acceptors (Lipinski definition) is 2. The standard InChI is InChI=1S/C15H13ClN2/c1-3-12-6-9-15(16)14(11(12)2)8-7-13-5-4-10-17-18-13/h4-6,9-10H,3H2,1-2H3. The summed E-state index contributed by atoms with van der Waals surface area (Å²) in [6, 6.07) is 7.58. The van der Waals surface area contributed by atoms with E-state index in [1.54, 1.807) is 6.20 Å². The molecule has 2 rings (SSSR count). The van der Waals surface area contributed by atoms with Crippen molar-refractivity contribution in [3.63, 3.8) is 0 Å². The van der Waals surface area contributed by atoms with Crippen molar-refractivity contribution >= 4 is 11.6 Å². The number of benzene rings is 1. The first-order valence-corrected chi connectivity index (χ1v) is 6.18. The van der Waals surface area contributed by atoms with Gasteiger partial charge in [0.1, 0.15) is 5.69 Å². The molecule has 0 bridgehead atoms. The third-order valence-corrected chi connectivity index (χ3v) is 3.11. The van der Waals surface area contributed by atoms with Gasteiger partial charge in [-0.15, -0.1) is 5.10 Å². The maximum absolute atomic E-state index is 6.19. The Morgan fingerprint density at radius 3 is 2.72 bits per heavy atom. The van der Waals surface area contributed by atoms with Gasteiger partial charge in [0.15, 0.2) is 0 Å². The molecule has 1 heterocycles. The molecule has 0 radical (unpaired) electrons. The number of aromatic nitrogens is 2. The molecule has 90 valence electrons. The summed E-state index contributed by atoms with van der Waals surface area (Å²) in [5.74, 6) is 6.07. The van der Waals surface area contributed by atoms with Crippen molar-refractivity contribution < 1.29 is 0 Å². The number of nitrogens with zero attached hydrogens (tertiary/aromatic N) is 2. The largest absolute Gasteiger partial charge is 0.158 e. The van der Waals surface area contributed by atoms with Crippen LogP contribution in [-0.4, -0.2) is 10.2 Å². The highest BCUT2D eigenvalue weighted by atomic mass is 35.5. The maximum atomic E-state index is 6.19. The lowest BCUT2D eigenvalue weighted by Gasteiger charge is -2.06. The third kappa shape index (κ3) is 2.69. The number of aryl methyl sites for hydroxylation is 1. The molecule has 0 atom stereocenters. The molecule has 0 unspecified atom stereocenters. The predicted molar refractivity (Wildman–Crippen MR) is 73.6 cm³/mol. The average molecular weight is 257 g/mol. The molecule has 2 nitrogen and oxygen atoms in total. The minimum Gasteiger partial charge on any atom is -0.158 e. The van der Waals surface area contributed by atoms with Gasteiger partial charge in [-0.1, -0.05) is 30.5 Å². The van der Waals surface area contributed by atoms with Gasteiger partial charge < -0.3 is 0 Å². The molecule has 0 aliphatic rings. The highest BCUT2D eigenvalue weighted by molar-refractivity contribution is 6.31. The molecular weight excluding hydrogens is 244 g/mol. The summed E-state index contributed by atoms with van der Waals surface area (Å²) in [6.07, 6.45) is 2.60. The van der Waals surface area contributed by atoms with Crippen molar-refractivity contribution in [3.8, 4) is 11.8 Å². The Labute approximate surface area is 112 Å². The Balaban J connectivity index is 2.44. The summed E-state index contributed by atoms with van der Waals surface area (Å²) in [6.45, 7) is 4.17. The molecule has 1 aromatic carbocycles. The van der Waals surface area contributed by atoms with Crippen LogP contribution in [0.2, 0.25) is 5.02 Å². The molecule has 18 heavy (non-hydrogen) atoms. The van der Waals surface area contributed by atoms with Gasteiger partial charge in [-0.3, -0.25) is 0 Å². The van der Waals surface area contributed by atoms with E-state index in [-0.39, 0.29) is 0 Å². The third-order valence-electron chi connectivity index (χ3n) is 2.80. The maximum Gasteiger partial charge on any atom is 0.136 e. The van der Waals surface area contributed by atoms with Crippen LogP contribution >= 0.6 is 11.6 Å². The Bertz CT molecular complexity index is 610. The Morgan fingerprint density at radius 1 is 1.22 bits per heavy atom. The van der Waals surface area contributed by atoms with Gasteiger partial charge in [0.25, 0.3) is 0 Å². The number of halogens is 1. The van der Waals surface area contributed by atoms with Gasteiger partial charge in [0, 0.05) is 11.8 Å². The fourth-order valence-corrected chi connectivity index (χ4v) is 2.00. The molecule has 0 amide bonds. The normalized spacial score (nSPS) is 9.72. The highest BCUT2D eigenvalue weighted by Crippen LogP contribution is 2.22. The molecule has 0 aliphatic heterocycles. The van der Waals surface area contributed by atoms with E-state index in [9.17, 15) is 0 Å². The lowest BCUT2D eigenvalue weighted by atomic mass is 10.0. The average Bonchev–Trinajstić information content (AvgIpc) is 2.40. The Morgan fingerprint density at radius 2 is 2.06 bits per heavy atom. The van der Waals surface area contributed by atoms with Crippen LogP contribution in [-0.2, 0) is 6.42 Å². The second-order valence-electron chi connectivity index (χ2n) is 3.92. The first-order chi connectivity index (χ1) is 8.72. The predicted octanol–water partition coefficient (Wildman–Crippen LogP) is 3.40. The van der Waals surface area contributed by atoms with Gasteiger partial charge in [0.05, 0.1) is 5.02 Å². The summed E-state index contributed by atoms with van der Waals surface area (Å²) < 4.78 is 0. The fraction of sp³-hybridized carbons (Fsp3) is 0.200. The lowest BCUT2D eigenvalue weighted by Crippen LogP contribution is -1.92. The van der Waals surface area contributed by atoms with E-state index >= 15 is 0 Å². The van der Waals surface area contributed by atoms with E-state index in [0.717, 1.165) is 17.5 Å². The molecule has 0 saturated heterocycles. The highest BCUT2D eigenvalue weighted by Gasteiger charge is 2.05. The lowest BCUT2D eigenvalue weighted by molar-refractivity contribution is 1.01. The van der Waals surface area contributed by atoms with Crippen LogP contribution in [0.25, 0.3) is 0 Å². The van der Waals surface area contributed by atoms with Crippen molar-refractivity contribution in [2.24, 2.45) is 0 Å². The van der Waals surface area contributed by atoms with Gasteiger partial charge in [-0.05, 0) is 48.6 Å². The zero-order chi connectivity index (χ0) is 13.0. The zero-order valence-corrected chi connectivity index (χ0v) is 11.1. The molecule has 0 N–H and O–H groups in total. The van der Waals surface area contributed by atoms with Gasteiger partial charge in [-0.25, -0.2) is 0 Å². The Kier molecular flexibility index (Phi) is 3.96. The van der Waals surface area contributed by atoms with Crippen molar-refractivity contribution in [2.75, 3.05) is 0 Å². The zero-order valence-electron chi connectivity index (χ0n) is 10.4. The number of rotatable bonds is 1. The molecule has 0 fully saturated rings. The molecule has 0 aliphatic carbocycles. The molecule has 1 aromatic heterocycles. The van der Waals surface area contributed by atoms with Crippen LogP contribution in [0.1, 0.15) is 29.3 Å². The summed E-state index contributed by atoms with van der Waals surface area (Å²) in [7, 11) is 0. The van der Waals surface area contributed by atoms with Crippen molar-refractivity contribution in [3.05, 3.63) is 57.9 Å². The Hall–Kier alpha value is -1.85. The van der Waals surface area contributed by atoms with Gasteiger partial charge in [-0.2, -0.15) is 5.10 Å². The van der Waals surface area contributed by atoms with Crippen molar-refractivity contribution in [2.45, 2.75) is 20.3 Å². The van der Waals surface area contributed by atoms with E-state index in [1.165, 1.54) is 5.56 Å². The van der Waals surface area contributed by atoms with Crippen molar-refractivity contribution in [1.29, 1.82) is 0 Å². The monoisotopic (exact) mass is 256 g/mol. The first kappa shape index (κ1) is 12.6. The molecule has 0 spiro atoms. The molecule has 0 saturated carbocycles. The van der Waals surface area contributed by atoms with Crippen LogP contribution in [0.3, 0.4) is 0 Å².